The zero-order valence-electron chi connectivity index (χ0n) is 21.6. The molecule has 196 valence electrons. The monoisotopic (exact) mass is 525 g/mol. The van der Waals surface area contributed by atoms with Crippen LogP contribution in [0.25, 0.3) is 0 Å². The second-order valence-corrected chi connectivity index (χ2v) is 9.57. The number of allylic oxidation sites excluding steroid dienone is 2. The van der Waals surface area contributed by atoms with E-state index in [1.54, 1.807) is 20.3 Å². The van der Waals surface area contributed by atoms with Crippen LogP contribution in [0.3, 0.4) is 0 Å². The van der Waals surface area contributed by atoms with Crippen molar-refractivity contribution in [3.8, 4) is 11.5 Å². The van der Waals surface area contributed by atoms with Gasteiger partial charge in [-0.1, -0.05) is 29.8 Å². The molecule has 2 aromatic carbocycles. The molecule has 2 aliphatic rings. The van der Waals surface area contributed by atoms with Gasteiger partial charge in [-0.05, 0) is 61.6 Å². The van der Waals surface area contributed by atoms with Gasteiger partial charge < -0.3 is 18.9 Å². The number of nitrogens with zero attached hydrogens (tertiary/aromatic N) is 1. The molecule has 37 heavy (non-hydrogen) atoms. The van der Waals surface area contributed by atoms with Crippen LogP contribution in [0.5, 0.6) is 11.5 Å². The number of methoxy groups -OCH3 is 2. The number of carbonyl (C=O) groups excluding carboxylic acids is 2. The molecule has 0 bridgehead atoms. The minimum Gasteiger partial charge on any atom is -0.493 e. The number of esters is 1. The Morgan fingerprint density at radius 2 is 1.81 bits per heavy atom. The second kappa shape index (κ2) is 11.9. The van der Waals surface area contributed by atoms with Crippen molar-refractivity contribution < 1.29 is 28.5 Å². The SMILES string of the molecule is CCOCCOC(=O)C1C(C)=NC2=C(C(=O)CC(c3ccc(OC)c(OC)c3)C2)C1c1cccc(Cl)c1. The van der Waals surface area contributed by atoms with E-state index < -0.39 is 17.8 Å². The Kier molecular flexibility index (Phi) is 8.67. The second-order valence-electron chi connectivity index (χ2n) is 9.13. The molecule has 0 fully saturated rings. The number of benzene rings is 2. The first kappa shape index (κ1) is 26.9. The highest BCUT2D eigenvalue weighted by atomic mass is 35.5. The zero-order valence-corrected chi connectivity index (χ0v) is 22.3. The van der Waals surface area contributed by atoms with Gasteiger partial charge in [0.15, 0.2) is 17.3 Å². The molecule has 0 amide bonds. The smallest absolute Gasteiger partial charge is 0.315 e. The van der Waals surface area contributed by atoms with Gasteiger partial charge >= 0.3 is 5.97 Å². The van der Waals surface area contributed by atoms with E-state index in [1.165, 1.54) is 0 Å². The van der Waals surface area contributed by atoms with Gasteiger partial charge in [-0.15, -0.1) is 0 Å². The molecule has 0 saturated heterocycles. The predicted molar refractivity (Wildman–Crippen MR) is 142 cm³/mol. The molecule has 1 heterocycles. The maximum atomic E-state index is 13.7. The highest BCUT2D eigenvalue weighted by molar-refractivity contribution is 6.30. The maximum Gasteiger partial charge on any atom is 0.315 e. The quantitative estimate of drug-likeness (QED) is 0.317. The Labute approximate surface area is 222 Å². The highest BCUT2D eigenvalue weighted by Crippen LogP contribution is 2.47. The summed E-state index contributed by atoms with van der Waals surface area (Å²) in [6.07, 6.45) is 0.864. The number of aliphatic imine (C=N–C) groups is 1. The Morgan fingerprint density at radius 3 is 2.51 bits per heavy atom. The summed E-state index contributed by atoms with van der Waals surface area (Å²) in [6.45, 7) is 4.69. The first-order chi connectivity index (χ1) is 17.9. The average Bonchev–Trinajstić information content (AvgIpc) is 2.89. The molecule has 0 radical (unpaired) electrons. The van der Waals surface area contributed by atoms with E-state index in [0.717, 1.165) is 11.1 Å². The van der Waals surface area contributed by atoms with Crippen LogP contribution in [0.4, 0.5) is 0 Å². The first-order valence-electron chi connectivity index (χ1n) is 12.4. The summed E-state index contributed by atoms with van der Waals surface area (Å²) < 4.78 is 21.7. The van der Waals surface area contributed by atoms with Crippen molar-refractivity contribution in [3.05, 3.63) is 69.9 Å². The van der Waals surface area contributed by atoms with E-state index >= 15 is 0 Å². The van der Waals surface area contributed by atoms with Crippen LogP contribution in [0.15, 0.2) is 58.7 Å². The lowest BCUT2D eigenvalue weighted by atomic mass is 9.69. The number of Topliss-reactive ketones (excluding diaryl/α,β-unsaturated/α-hetero) is 1. The van der Waals surface area contributed by atoms with Gasteiger partial charge in [0.05, 0.1) is 20.8 Å². The van der Waals surface area contributed by atoms with Gasteiger partial charge in [0.25, 0.3) is 0 Å². The van der Waals surface area contributed by atoms with E-state index in [2.05, 4.69) is 0 Å². The van der Waals surface area contributed by atoms with Gasteiger partial charge in [0.1, 0.15) is 12.5 Å². The number of rotatable bonds is 9. The lowest BCUT2D eigenvalue weighted by Crippen LogP contribution is -2.38. The minimum atomic E-state index is -0.722. The topological polar surface area (TPSA) is 83.4 Å². The molecule has 7 nitrogen and oxygen atoms in total. The summed E-state index contributed by atoms with van der Waals surface area (Å²) in [4.78, 5) is 31.8. The Balaban J connectivity index is 1.71. The van der Waals surface area contributed by atoms with Gasteiger partial charge in [0, 0.05) is 41.0 Å². The molecule has 0 spiro atoms. The molecule has 8 heteroatoms. The van der Waals surface area contributed by atoms with Crippen LogP contribution in [-0.4, -0.2) is 51.5 Å². The molecule has 3 atom stereocenters. The van der Waals surface area contributed by atoms with Crippen LogP contribution >= 0.6 is 11.6 Å². The number of halogens is 1. The number of ether oxygens (including phenoxy) is 4. The lowest BCUT2D eigenvalue weighted by Gasteiger charge is -2.36. The van der Waals surface area contributed by atoms with Crippen molar-refractivity contribution in [1.82, 2.24) is 0 Å². The molecule has 1 aliphatic carbocycles. The van der Waals surface area contributed by atoms with Gasteiger partial charge in [-0.25, -0.2) is 0 Å². The van der Waals surface area contributed by atoms with E-state index in [0.29, 0.717) is 59.6 Å². The van der Waals surface area contributed by atoms with Crippen molar-refractivity contribution in [2.24, 2.45) is 10.9 Å². The zero-order chi connectivity index (χ0) is 26.5. The van der Waals surface area contributed by atoms with Crippen molar-refractivity contribution in [2.45, 2.75) is 38.5 Å². The molecule has 2 aromatic rings. The highest BCUT2D eigenvalue weighted by Gasteiger charge is 2.44. The van der Waals surface area contributed by atoms with Crippen LogP contribution in [0.2, 0.25) is 5.02 Å². The fourth-order valence-corrected chi connectivity index (χ4v) is 5.40. The van der Waals surface area contributed by atoms with Crippen LogP contribution < -0.4 is 9.47 Å². The number of carbonyl (C=O) groups is 2. The fraction of sp³-hybridized carbons (Fsp3) is 0.414. The Hall–Kier alpha value is -3.16. The lowest BCUT2D eigenvalue weighted by molar-refractivity contribution is -0.148. The summed E-state index contributed by atoms with van der Waals surface area (Å²) in [5.74, 6) is -0.530. The third-order valence-corrected chi connectivity index (χ3v) is 7.14. The summed E-state index contributed by atoms with van der Waals surface area (Å²) in [7, 11) is 3.18. The van der Waals surface area contributed by atoms with Gasteiger partial charge in [-0.3, -0.25) is 14.6 Å². The summed E-state index contributed by atoms with van der Waals surface area (Å²) in [5.41, 5.74) is 3.65. The van der Waals surface area contributed by atoms with Crippen molar-refractivity contribution >= 4 is 29.1 Å². The van der Waals surface area contributed by atoms with Crippen molar-refractivity contribution in [1.29, 1.82) is 0 Å². The Morgan fingerprint density at radius 1 is 1.03 bits per heavy atom. The molecular weight excluding hydrogens is 494 g/mol. The van der Waals surface area contributed by atoms with E-state index in [-0.39, 0.29) is 18.3 Å². The normalized spacial score (nSPS) is 21.3. The average molecular weight is 526 g/mol. The van der Waals surface area contributed by atoms with Crippen molar-refractivity contribution in [2.75, 3.05) is 34.0 Å². The third kappa shape index (κ3) is 5.73. The first-order valence-corrected chi connectivity index (χ1v) is 12.8. The maximum absolute atomic E-state index is 13.7. The van der Waals surface area contributed by atoms with Crippen LogP contribution in [-0.2, 0) is 19.1 Å². The van der Waals surface area contributed by atoms with E-state index in [1.807, 2.05) is 50.2 Å². The van der Waals surface area contributed by atoms with Crippen LogP contribution in [0.1, 0.15) is 49.7 Å². The molecule has 1 aliphatic heterocycles. The summed E-state index contributed by atoms with van der Waals surface area (Å²) >= 11 is 6.33. The molecule has 4 rings (SSSR count). The minimum absolute atomic E-state index is 0.0330. The Bertz CT molecular complexity index is 1240. The summed E-state index contributed by atoms with van der Waals surface area (Å²) in [5, 5.41) is 0.537. The number of hydrogen-bond donors (Lipinski definition) is 0. The van der Waals surface area contributed by atoms with Gasteiger partial charge in [-0.2, -0.15) is 0 Å². The van der Waals surface area contributed by atoms with Gasteiger partial charge in [0.2, 0.25) is 0 Å². The number of hydrogen-bond acceptors (Lipinski definition) is 7. The molecular formula is C29H32ClNO6. The summed E-state index contributed by atoms with van der Waals surface area (Å²) in [6, 6.07) is 13.0. The molecule has 0 saturated carbocycles. The largest absolute Gasteiger partial charge is 0.493 e. The molecule has 0 aromatic heterocycles. The standard InChI is InChI=1S/C29H32ClNO6/c1-5-36-11-12-37-29(33)26-17(2)31-22-14-20(18-9-10-24(34-3)25(16-18)35-4)15-23(32)28(22)27(26)19-7-6-8-21(30)13-19/h6-10,13,16,20,26-27H,5,11-12,14-15H2,1-4H3. The van der Waals surface area contributed by atoms with E-state index in [4.69, 9.17) is 35.5 Å². The van der Waals surface area contributed by atoms with Crippen molar-refractivity contribution in [3.63, 3.8) is 0 Å². The van der Waals surface area contributed by atoms with Crippen LogP contribution in [0, 0.1) is 5.92 Å². The van der Waals surface area contributed by atoms with E-state index in [9.17, 15) is 9.59 Å². The predicted octanol–water partition coefficient (Wildman–Crippen LogP) is 5.51. The third-order valence-electron chi connectivity index (χ3n) is 6.91. The fourth-order valence-electron chi connectivity index (χ4n) is 5.20. The molecule has 0 N–H and O–H groups in total. The molecule has 3 unspecified atom stereocenters. The number of ketones is 1.